The van der Waals surface area contributed by atoms with Crippen LogP contribution < -0.4 is 4.74 Å². The molecule has 0 saturated carbocycles. The average Bonchev–Trinajstić information content (AvgIpc) is 2.97. The summed E-state index contributed by atoms with van der Waals surface area (Å²) in [6.45, 7) is 2.57. The van der Waals surface area contributed by atoms with Crippen molar-refractivity contribution < 1.29 is 19.1 Å². The van der Waals surface area contributed by atoms with Gasteiger partial charge in [0.25, 0.3) is 0 Å². The maximum atomic E-state index is 12.9. The summed E-state index contributed by atoms with van der Waals surface area (Å²) in [6.07, 6.45) is 2.83. The van der Waals surface area contributed by atoms with E-state index >= 15 is 0 Å². The predicted molar refractivity (Wildman–Crippen MR) is 93.0 cm³/mol. The van der Waals surface area contributed by atoms with Crippen molar-refractivity contribution in [3.8, 4) is 5.75 Å². The number of nitrogens with zero attached hydrogens (tertiary/aromatic N) is 1. The molecule has 1 aromatic rings. The number of benzene rings is 1. The van der Waals surface area contributed by atoms with Crippen LogP contribution in [0.1, 0.15) is 44.1 Å². The molecule has 24 heavy (non-hydrogen) atoms. The molecule has 2 amide bonds. The molecule has 0 aromatic heterocycles. The van der Waals surface area contributed by atoms with E-state index in [0.717, 1.165) is 24.2 Å². The Morgan fingerprint density at radius 3 is 2.71 bits per heavy atom. The van der Waals surface area contributed by atoms with Crippen LogP contribution in [0, 0.1) is 0 Å². The van der Waals surface area contributed by atoms with Gasteiger partial charge in [-0.25, -0.2) is 9.69 Å². The van der Waals surface area contributed by atoms with E-state index in [9.17, 15) is 9.59 Å². The summed E-state index contributed by atoms with van der Waals surface area (Å²) in [4.78, 5) is 25.8. The number of amides is 2. The molecule has 1 atom stereocenters. The molecule has 1 aromatic carbocycles. The molecule has 1 saturated heterocycles. The van der Waals surface area contributed by atoms with Crippen LogP contribution in [0.15, 0.2) is 12.1 Å². The number of imide groups is 1. The lowest BCUT2D eigenvalue weighted by Crippen LogP contribution is -2.36. The molecule has 0 aliphatic carbocycles. The molecular formula is C17H21Cl2NO4. The first-order chi connectivity index (χ1) is 11.5. The average molecular weight is 374 g/mol. The topological polar surface area (TPSA) is 55.8 Å². The van der Waals surface area contributed by atoms with Crippen LogP contribution in [0.3, 0.4) is 0 Å². The Balaban J connectivity index is 2.39. The van der Waals surface area contributed by atoms with Crippen LogP contribution in [0.5, 0.6) is 5.75 Å². The van der Waals surface area contributed by atoms with Gasteiger partial charge in [-0.15, -0.1) is 0 Å². The van der Waals surface area contributed by atoms with Gasteiger partial charge in [-0.1, -0.05) is 49.4 Å². The van der Waals surface area contributed by atoms with Gasteiger partial charge in [0.1, 0.15) is 12.4 Å². The first-order valence-corrected chi connectivity index (χ1v) is 8.76. The number of ether oxygens (including phenoxy) is 2. The molecule has 0 N–H and O–H groups in total. The summed E-state index contributed by atoms with van der Waals surface area (Å²) in [6, 6.07) is 3.22. The first kappa shape index (κ1) is 18.9. The zero-order valence-corrected chi connectivity index (χ0v) is 15.3. The Labute approximate surface area is 151 Å². The number of unbranched alkanes of at least 4 members (excludes halogenated alkanes) is 2. The molecule has 132 valence electrons. The van der Waals surface area contributed by atoms with E-state index in [4.69, 9.17) is 32.7 Å². The van der Waals surface area contributed by atoms with Crippen LogP contribution >= 0.6 is 23.2 Å². The number of hydrogen-bond acceptors (Lipinski definition) is 4. The summed E-state index contributed by atoms with van der Waals surface area (Å²) in [5.74, 6) is -0.423. The number of rotatable bonds is 7. The smallest absolute Gasteiger partial charge is 0.416 e. The standard InChI is InChI=1S/C17H21Cl2NO4/c1-3-4-5-6-12(16(21)20-7-8-24-17(20)22)15-13(19)9-11(18)10-14(15)23-2/h9-10,12H,3-8H2,1-2H3. The van der Waals surface area contributed by atoms with Gasteiger partial charge in [-0.3, -0.25) is 4.79 Å². The quantitative estimate of drug-likeness (QED) is 0.653. The van der Waals surface area contributed by atoms with Gasteiger partial charge in [0, 0.05) is 15.6 Å². The Hall–Kier alpha value is -1.46. The highest BCUT2D eigenvalue weighted by molar-refractivity contribution is 6.35. The second-order valence-corrected chi connectivity index (χ2v) is 6.50. The molecule has 1 aliphatic heterocycles. The number of hydrogen-bond donors (Lipinski definition) is 0. The zero-order chi connectivity index (χ0) is 17.7. The fourth-order valence-electron chi connectivity index (χ4n) is 2.84. The van der Waals surface area contributed by atoms with Crippen molar-refractivity contribution in [3.63, 3.8) is 0 Å². The van der Waals surface area contributed by atoms with E-state index in [1.54, 1.807) is 12.1 Å². The Morgan fingerprint density at radius 1 is 1.38 bits per heavy atom. The molecule has 5 nitrogen and oxygen atoms in total. The van der Waals surface area contributed by atoms with Gasteiger partial charge in [0.2, 0.25) is 5.91 Å². The summed E-state index contributed by atoms with van der Waals surface area (Å²) >= 11 is 12.4. The second-order valence-electron chi connectivity index (χ2n) is 5.66. The molecule has 0 radical (unpaired) electrons. The van der Waals surface area contributed by atoms with Crippen molar-refractivity contribution in [1.29, 1.82) is 0 Å². The molecule has 0 spiro atoms. The monoisotopic (exact) mass is 373 g/mol. The molecule has 1 aliphatic rings. The molecule has 2 rings (SSSR count). The van der Waals surface area contributed by atoms with Crippen LogP contribution in [-0.4, -0.2) is 37.2 Å². The molecule has 1 fully saturated rings. The predicted octanol–water partition coefficient (Wildman–Crippen LogP) is 4.64. The lowest BCUT2D eigenvalue weighted by molar-refractivity contribution is -0.129. The lowest BCUT2D eigenvalue weighted by atomic mass is 9.91. The van der Waals surface area contributed by atoms with Crippen LogP contribution in [0.25, 0.3) is 0 Å². The van der Waals surface area contributed by atoms with Crippen molar-refractivity contribution in [1.82, 2.24) is 4.90 Å². The highest BCUT2D eigenvalue weighted by atomic mass is 35.5. The third-order valence-corrected chi connectivity index (χ3v) is 4.58. The Morgan fingerprint density at radius 2 is 2.12 bits per heavy atom. The van der Waals surface area contributed by atoms with Crippen molar-refractivity contribution in [2.45, 2.75) is 38.5 Å². The summed E-state index contributed by atoms with van der Waals surface area (Å²) < 4.78 is 10.3. The second kappa shape index (κ2) is 8.58. The van der Waals surface area contributed by atoms with Gasteiger partial charge in [-0.05, 0) is 18.6 Å². The third-order valence-electron chi connectivity index (χ3n) is 4.05. The number of carbonyl (C=O) groups excluding carboxylic acids is 2. The minimum atomic E-state index is -0.607. The van der Waals surface area contributed by atoms with Gasteiger partial charge < -0.3 is 9.47 Å². The highest BCUT2D eigenvalue weighted by Gasteiger charge is 2.36. The summed E-state index contributed by atoms with van der Waals surface area (Å²) in [5, 5.41) is 0.794. The lowest BCUT2D eigenvalue weighted by Gasteiger charge is -2.23. The van der Waals surface area contributed by atoms with Crippen molar-refractivity contribution in [3.05, 3.63) is 27.7 Å². The van der Waals surface area contributed by atoms with E-state index in [1.807, 2.05) is 0 Å². The first-order valence-electron chi connectivity index (χ1n) is 8.00. The Kier molecular flexibility index (Phi) is 6.75. The van der Waals surface area contributed by atoms with Gasteiger partial charge in [0.15, 0.2) is 0 Å². The fraction of sp³-hybridized carbons (Fsp3) is 0.529. The molecule has 0 bridgehead atoms. The molecule has 1 heterocycles. The van der Waals surface area contributed by atoms with E-state index in [2.05, 4.69) is 6.92 Å². The van der Waals surface area contributed by atoms with Crippen molar-refractivity contribution >= 4 is 35.2 Å². The molecular weight excluding hydrogens is 353 g/mol. The van der Waals surface area contributed by atoms with Gasteiger partial charge in [0.05, 0.1) is 19.6 Å². The normalized spacial score (nSPS) is 15.3. The van der Waals surface area contributed by atoms with Crippen molar-refractivity contribution in [2.75, 3.05) is 20.3 Å². The number of cyclic esters (lactones) is 1. The van der Waals surface area contributed by atoms with E-state index in [0.29, 0.717) is 27.8 Å². The Bertz CT molecular complexity index is 621. The van der Waals surface area contributed by atoms with Crippen LogP contribution in [0.2, 0.25) is 10.0 Å². The maximum Gasteiger partial charge on any atom is 0.416 e. The van der Waals surface area contributed by atoms with Crippen LogP contribution in [0.4, 0.5) is 4.79 Å². The minimum absolute atomic E-state index is 0.220. The maximum absolute atomic E-state index is 12.9. The fourth-order valence-corrected chi connectivity index (χ4v) is 3.45. The van der Waals surface area contributed by atoms with E-state index < -0.39 is 12.0 Å². The van der Waals surface area contributed by atoms with E-state index in [1.165, 1.54) is 7.11 Å². The molecule has 1 unspecified atom stereocenters. The summed E-state index contributed by atoms with van der Waals surface area (Å²) in [7, 11) is 1.50. The van der Waals surface area contributed by atoms with Crippen LogP contribution in [-0.2, 0) is 9.53 Å². The third kappa shape index (κ3) is 4.14. The highest BCUT2D eigenvalue weighted by Crippen LogP contribution is 2.39. The van der Waals surface area contributed by atoms with Crippen molar-refractivity contribution in [2.24, 2.45) is 0 Å². The SMILES string of the molecule is CCCCCC(C(=O)N1CCOC1=O)c1c(Cl)cc(Cl)cc1OC. The molecule has 7 heteroatoms. The number of methoxy groups -OCH3 is 1. The number of halogens is 2. The van der Waals surface area contributed by atoms with E-state index in [-0.39, 0.29) is 19.1 Å². The summed E-state index contributed by atoms with van der Waals surface area (Å²) in [5.41, 5.74) is 0.573. The zero-order valence-electron chi connectivity index (χ0n) is 13.8. The largest absolute Gasteiger partial charge is 0.496 e. The van der Waals surface area contributed by atoms with Gasteiger partial charge in [-0.2, -0.15) is 0 Å². The minimum Gasteiger partial charge on any atom is -0.496 e. The number of carbonyl (C=O) groups is 2. The van der Waals surface area contributed by atoms with Gasteiger partial charge >= 0.3 is 6.09 Å².